The number of nitrogens with zero attached hydrogens (tertiary/aromatic N) is 1. The number of halogens is 1. The molecule has 0 radical (unpaired) electrons. The van der Waals surface area contributed by atoms with Gasteiger partial charge in [-0.05, 0) is 49.1 Å². The van der Waals surface area contributed by atoms with Crippen molar-refractivity contribution >= 4 is 12.3 Å². The van der Waals surface area contributed by atoms with Crippen LogP contribution in [0, 0.1) is 19.7 Å². The van der Waals surface area contributed by atoms with Crippen LogP contribution >= 0.6 is 0 Å². The van der Waals surface area contributed by atoms with Gasteiger partial charge in [0.1, 0.15) is 5.82 Å². The number of hydrogen-bond donors (Lipinski definition) is 1. The first-order chi connectivity index (χ1) is 10.4. The summed E-state index contributed by atoms with van der Waals surface area (Å²) in [5, 5.41) is 8.84. The van der Waals surface area contributed by atoms with E-state index in [1.54, 1.807) is 12.1 Å². The van der Waals surface area contributed by atoms with Gasteiger partial charge in [0.25, 0.3) is 0 Å². The molecule has 0 fully saturated rings. The zero-order valence-corrected chi connectivity index (χ0v) is 12.6. The van der Waals surface area contributed by atoms with Crippen molar-refractivity contribution in [2.75, 3.05) is 0 Å². The molecular weight excluding hydrogens is 285 g/mol. The van der Waals surface area contributed by atoms with Crippen LogP contribution in [0.25, 0.3) is 0 Å². The highest BCUT2D eigenvalue weighted by atomic mass is 19.1. The van der Waals surface area contributed by atoms with E-state index in [0.717, 1.165) is 28.7 Å². The molecule has 0 aliphatic rings. The summed E-state index contributed by atoms with van der Waals surface area (Å²) in [6.45, 7) is 4.16. The molecule has 5 heteroatoms. The second kappa shape index (κ2) is 6.56. The van der Waals surface area contributed by atoms with Gasteiger partial charge in [-0.2, -0.15) is 0 Å². The van der Waals surface area contributed by atoms with E-state index >= 15 is 0 Å². The summed E-state index contributed by atoms with van der Waals surface area (Å²) in [5.41, 5.74) is 4.02. The van der Waals surface area contributed by atoms with Crippen molar-refractivity contribution in [2.24, 2.45) is 0 Å². The van der Waals surface area contributed by atoms with Crippen LogP contribution in [-0.4, -0.2) is 21.9 Å². The van der Waals surface area contributed by atoms with Gasteiger partial charge in [-0.25, -0.2) is 4.39 Å². The average Bonchev–Trinajstić information content (AvgIpc) is 2.70. The van der Waals surface area contributed by atoms with E-state index in [1.165, 1.54) is 12.1 Å². The van der Waals surface area contributed by atoms with Crippen molar-refractivity contribution < 1.29 is 19.1 Å². The standard InChI is InChI=1S/C17H18FNO3/c1-11-15(7-8-17(21)22)12(2)19(16(11)10-20)9-13-3-5-14(18)6-4-13/h3-6,10H,7-9H2,1-2H3,(H,21,22). The Kier molecular flexibility index (Phi) is 4.75. The van der Waals surface area contributed by atoms with Crippen molar-refractivity contribution in [3.8, 4) is 0 Å². The fraction of sp³-hybridized carbons (Fsp3) is 0.294. The van der Waals surface area contributed by atoms with Crippen molar-refractivity contribution in [3.63, 3.8) is 0 Å². The summed E-state index contributed by atoms with van der Waals surface area (Å²) >= 11 is 0. The number of carbonyl (C=O) groups is 2. The topological polar surface area (TPSA) is 59.3 Å². The van der Waals surface area contributed by atoms with Crippen LogP contribution in [0.5, 0.6) is 0 Å². The van der Waals surface area contributed by atoms with E-state index in [1.807, 2.05) is 18.4 Å². The highest BCUT2D eigenvalue weighted by Crippen LogP contribution is 2.23. The van der Waals surface area contributed by atoms with E-state index in [2.05, 4.69) is 0 Å². The van der Waals surface area contributed by atoms with Crippen molar-refractivity contribution in [1.29, 1.82) is 0 Å². The molecule has 2 aromatic rings. The maximum absolute atomic E-state index is 13.0. The molecule has 0 unspecified atom stereocenters. The first-order valence-electron chi connectivity index (χ1n) is 7.04. The molecule has 4 nitrogen and oxygen atoms in total. The van der Waals surface area contributed by atoms with Crippen LogP contribution in [0.15, 0.2) is 24.3 Å². The minimum absolute atomic E-state index is 0.0283. The van der Waals surface area contributed by atoms with Gasteiger partial charge in [-0.3, -0.25) is 9.59 Å². The van der Waals surface area contributed by atoms with E-state index < -0.39 is 5.97 Å². The highest BCUT2D eigenvalue weighted by molar-refractivity contribution is 5.77. The highest BCUT2D eigenvalue weighted by Gasteiger charge is 2.17. The largest absolute Gasteiger partial charge is 0.481 e. The third kappa shape index (κ3) is 3.24. The van der Waals surface area contributed by atoms with Gasteiger partial charge in [-0.1, -0.05) is 12.1 Å². The Labute approximate surface area is 128 Å². The fourth-order valence-electron chi connectivity index (χ4n) is 2.70. The Balaban J connectivity index is 2.37. The van der Waals surface area contributed by atoms with Crippen LogP contribution in [-0.2, 0) is 17.8 Å². The first-order valence-corrected chi connectivity index (χ1v) is 7.04. The summed E-state index contributed by atoms with van der Waals surface area (Å²) in [5.74, 6) is -1.17. The van der Waals surface area contributed by atoms with E-state index in [4.69, 9.17) is 5.11 Å². The molecule has 0 bridgehead atoms. The number of carbonyl (C=O) groups excluding carboxylic acids is 1. The van der Waals surface area contributed by atoms with Crippen LogP contribution < -0.4 is 0 Å². The lowest BCUT2D eigenvalue weighted by Gasteiger charge is -2.09. The Bertz CT molecular complexity index is 702. The lowest BCUT2D eigenvalue weighted by atomic mass is 10.1. The molecule has 1 heterocycles. The van der Waals surface area contributed by atoms with Gasteiger partial charge in [0.15, 0.2) is 6.29 Å². The number of carboxylic acid groups (broad SMARTS) is 1. The Hall–Kier alpha value is -2.43. The molecule has 0 amide bonds. The van der Waals surface area contributed by atoms with Gasteiger partial charge in [0.2, 0.25) is 0 Å². The first kappa shape index (κ1) is 15.9. The molecule has 116 valence electrons. The maximum Gasteiger partial charge on any atom is 0.303 e. The predicted molar refractivity (Wildman–Crippen MR) is 80.8 cm³/mol. The molecule has 1 aromatic heterocycles. The number of aldehydes is 1. The van der Waals surface area contributed by atoms with Crippen LogP contribution in [0.3, 0.4) is 0 Å². The normalized spacial score (nSPS) is 10.7. The second-order valence-corrected chi connectivity index (χ2v) is 5.30. The Morgan fingerprint density at radius 1 is 1.27 bits per heavy atom. The lowest BCUT2D eigenvalue weighted by molar-refractivity contribution is -0.136. The summed E-state index contributed by atoms with van der Waals surface area (Å²) in [6, 6.07) is 6.12. The number of rotatable bonds is 6. The van der Waals surface area contributed by atoms with Gasteiger partial charge < -0.3 is 9.67 Å². The smallest absolute Gasteiger partial charge is 0.303 e. The predicted octanol–water partition coefficient (Wildman–Crippen LogP) is 3.12. The summed E-state index contributed by atoms with van der Waals surface area (Å²) < 4.78 is 14.8. The second-order valence-electron chi connectivity index (χ2n) is 5.30. The SMILES string of the molecule is Cc1c(CCC(=O)O)c(C)n(Cc2ccc(F)cc2)c1C=O. The number of aromatic nitrogens is 1. The number of hydrogen-bond acceptors (Lipinski definition) is 2. The van der Waals surface area contributed by atoms with E-state index in [0.29, 0.717) is 18.7 Å². The molecule has 22 heavy (non-hydrogen) atoms. The Morgan fingerprint density at radius 2 is 1.91 bits per heavy atom. The zero-order chi connectivity index (χ0) is 16.3. The van der Waals surface area contributed by atoms with Crippen LogP contribution in [0.2, 0.25) is 0 Å². The monoisotopic (exact) mass is 303 g/mol. The van der Waals surface area contributed by atoms with Gasteiger partial charge in [0.05, 0.1) is 5.69 Å². The summed E-state index contributed by atoms with van der Waals surface area (Å²) in [6.07, 6.45) is 1.21. The van der Waals surface area contributed by atoms with Gasteiger partial charge in [0, 0.05) is 18.7 Å². The summed E-state index contributed by atoms with van der Waals surface area (Å²) in [7, 11) is 0. The molecule has 0 aliphatic heterocycles. The Morgan fingerprint density at radius 3 is 2.45 bits per heavy atom. The van der Waals surface area contributed by atoms with E-state index in [-0.39, 0.29) is 12.2 Å². The number of aliphatic carboxylic acids is 1. The van der Waals surface area contributed by atoms with Crippen molar-refractivity contribution in [2.45, 2.75) is 33.2 Å². The van der Waals surface area contributed by atoms with E-state index in [9.17, 15) is 14.0 Å². The summed E-state index contributed by atoms with van der Waals surface area (Å²) in [4.78, 5) is 22.2. The quantitative estimate of drug-likeness (QED) is 0.834. The third-order valence-electron chi connectivity index (χ3n) is 3.92. The van der Waals surface area contributed by atoms with Gasteiger partial charge >= 0.3 is 5.97 Å². The minimum atomic E-state index is -0.863. The molecule has 2 rings (SSSR count). The molecule has 0 saturated carbocycles. The fourth-order valence-corrected chi connectivity index (χ4v) is 2.70. The van der Waals surface area contributed by atoms with Crippen LogP contribution in [0.1, 0.15) is 39.3 Å². The molecule has 1 N–H and O–H groups in total. The minimum Gasteiger partial charge on any atom is -0.481 e. The number of benzene rings is 1. The van der Waals surface area contributed by atoms with Crippen LogP contribution in [0.4, 0.5) is 4.39 Å². The van der Waals surface area contributed by atoms with Gasteiger partial charge in [-0.15, -0.1) is 0 Å². The number of carboxylic acids is 1. The maximum atomic E-state index is 13.0. The average molecular weight is 303 g/mol. The van der Waals surface area contributed by atoms with Crippen molar-refractivity contribution in [1.82, 2.24) is 4.57 Å². The molecule has 0 saturated heterocycles. The molecule has 0 spiro atoms. The zero-order valence-electron chi connectivity index (χ0n) is 12.6. The molecule has 0 aliphatic carbocycles. The molecule has 0 atom stereocenters. The molecular formula is C17H18FNO3. The molecule has 1 aromatic carbocycles. The lowest BCUT2D eigenvalue weighted by Crippen LogP contribution is -2.06. The van der Waals surface area contributed by atoms with Crippen molar-refractivity contribution in [3.05, 3.63) is 58.2 Å². The third-order valence-corrected chi connectivity index (χ3v) is 3.92.